The maximum atomic E-state index is 12.5. The number of aromatic nitrogens is 4. The van der Waals surface area contributed by atoms with Gasteiger partial charge in [0.05, 0.1) is 11.8 Å². The van der Waals surface area contributed by atoms with Gasteiger partial charge in [0.25, 0.3) is 0 Å². The van der Waals surface area contributed by atoms with E-state index in [1.165, 1.54) is 0 Å². The van der Waals surface area contributed by atoms with E-state index in [1.807, 2.05) is 45.0 Å². The first-order valence-corrected chi connectivity index (χ1v) is 9.46. The first-order valence-electron chi connectivity index (χ1n) is 9.08. The fraction of sp³-hybridized carbons (Fsp3) is 0.300. The Balaban J connectivity index is 1.85. The molecule has 1 aromatic carbocycles. The Morgan fingerprint density at radius 3 is 2.71 bits per heavy atom. The molecule has 1 amide bonds. The van der Waals surface area contributed by atoms with Gasteiger partial charge in [0, 0.05) is 23.5 Å². The number of nitrogens with zero attached hydrogens (tertiary/aromatic N) is 4. The van der Waals surface area contributed by atoms with Crippen molar-refractivity contribution in [1.82, 2.24) is 20.0 Å². The molecule has 8 heteroatoms. The number of rotatable bonds is 4. The normalized spacial score (nSPS) is 16.0. The fourth-order valence-electron chi connectivity index (χ4n) is 3.53. The SMILES string of the molecule is Cc1nn(-c2ccc(Cl)nn2)c2c1C(c1ccccc1OC(C)C)CC(=O)N2. The highest BCUT2D eigenvalue weighted by molar-refractivity contribution is 6.29. The molecule has 0 saturated carbocycles. The Morgan fingerprint density at radius 1 is 1.21 bits per heavy atom. The van der Waals surface area contributed by atoms with Gasteiger partial charge in [0.1, 0.15) is 11.6 Å². The molecule has 0 bridgehead atoms. The zero-order chi connectivity index (χ0) is 19.8. The molecule has 7 nitrogen and oxygen atoms in total. The summed E-state index contributed by atoms with van der Waals surface area (Å²) >= 11 is 5.85. The van der Waals surface area contributed by atoms with E-state index in [1.54, 1.807) is 16.8 Å². The van der Waals surface area contributed by atoms with Crippen molar-refractivity contribution in [3.05, 3.63) is 58.4 Å². The second-order valence-corrected chi connectivity index (χ2v) is 7.37. The van der Waals surface area contributed by atoms with Crippen LogP contribution < -0.4 is 10.1 Å². The number of ether oxygens (including phenoxy) is 1. The van der Waals surface area contributed by atoms with Crippen molar-refractivity contribution in [2.24, 2.45) is 0 Å². The van der Waals surface area contributed by atoms with Crippen LogP contribution >= 0.6 is 11.6 Å². The molecule has 1 aliphatic rings. The maximum absolute atomic E-state index is 12.5. The largest absolute Gasteiger partial charge is 0.491 e. The van der Waals surface area contributed by atoms with Crippen molar-refractivity contribution in [2.75, 3.05) is 5.32 Å². The van der Waals surface area contributed by atoms with E-state index < -0.39 is 0 Å². The number of benzene rings is 1. The van der Waals surface area contributed by atoms with Gasteiger partial charge in [-0.3, -0.25) is 4.79 Å². The lowest BCUT2D eigenvalue weighted by Crippen LogP contribution is -2.25. The minimum Gasteiger partial charge on any atom is -0.491 e. The number of carbonyl (C=O) groups excluding carboxylic acids is 1. The average Bonchev–Trinajstić information content (AvgIpc) is 2.98. The van der Waals surface area contributed by atoms with Crippen molar-refractivity contribution < 1.29 is 9.53 Å². The monoisotopic (exact) mass is 397 g/mol. The molecule has 28 heavy (non-hydrogen) atoms. The molecule has 3 aromatic rings. The molecule has 2 aromatic heterocycles. The number of nitrogens with one attached hydrogen (secondary N) is 1. The number of fused-ring (bicyclic) bond motifs is 1. The van der Waals surface area contributed by atoms with Crippen molar-refractivity contribution in [3.8, 4) is 11.6 Å². The minimum absolute atomic E-state index is 0.0335. The Kier molecular flexibility index (Phi) is 4.77. The van der Waals surface area contributed by atoms with Gasteiger partial charge in [-0.2, -0.15) is 9.78 Å². The van der Waals surface area contributed by atoms with Crippen LogP contribution in [0.25, 0.3) is 5.82 Å². The van der Waals surface area contributed by atoms with Crippen molar-refractivity contribution in [2.45, 2.75) is 39.2 Å². The summed E-state index contributed by atoms with van der Waals surface area (Å²) in [5.74, 6) is 1.63. The second-order valence-electron chi connectivity index (χ2n) is 6.98. The van der Waals surface area contributed by atoms with E-state index in [2.05, 4.69) is 20.6 Å². The number of para-hydroxylation sites is 1. The summed E-state index contributed by atoms with van der Waals surface area (Å²) in [5, 5.41) is 15.8. The number of hydrogen-bond acceptors (Lipinski definition) is 5. The predicted octanol–water partition coefficient (Wildman–Crippen LogP) is 3.89. The molecule has 1 unspecified atom stereocenters. The van der Waals surface area contributed by atoms with E-state index in [9.17, 15) is 4.79 Å². The van der Waals surface area contributed by atoms with Crippen LogP contribution in [-0.2, 0) is 4.79 Å². The lowest BCUT2D eigenvalue weighted by atomic mass is 9.85. The van der Waals surface area contributed by atoms with E-state index in [0.29, 0.717) is 23.2 Å². The lowest BCUT2D eigenvalue weighted by molar-refractivity contribution is -0.116. The first-order chi connectivity index (χ1) is 13.4. The number of aryl methyl sites for hydroxylation is 1. The maximum Gasteiger partial charge on any atom is 0.226 e. The van der Waals surface area contributed by atoms with Gasteiger partial charge in [0.2, 0.25) is 5.91 Å². The predicted molar refractivity (Wildman–Crippen MR) is 106 cm³/mol. The third-order valence-corrected chi connectivity index (χ3v) is 4.80. The standard InChI is InChI=1S/C20H20ClN5O2/c1-11(2)28-15-7-5-4-6-13(15)14-10-18(27)22-20-19(14)12(3)25-26(20)17-9-8-16(21)23-24-17/h4-9,11,14H,10H2,1-3H3,(H,22,27). The number of amides is 1. The third kappa shape index (κ3) is 3.33. The molecule has 1 aliphatic heterocycles. The van der Waals surface area contributed by atoms with E-state index in [-0.39, 0.29) is 17.9 Å². The molecule has 0 radical (unpaired) electrons. The van der Waals surface area contributed by atoms with Gasteiger partial charge in [0.15, 0.2) is 11.0 Å². The van der Waals surface area contributed by atoms with Crippen LogP contribution in [0, 0.1) is 6.92 Å². The van der Waals surface area contributed by atoms with Crippen LogP contribution in [-0.4, -0.2) is 32.0 Å². The molecule has 0 saturated heterocycles. The summed E-state index contributed by atoms with van der Waals surface area (Å²) < 4.78 is 7.60. The number of carbonyl (C=O) groups is 1. The molecule has 0 fully saturated rings. The van der Waals surface area contributed by atoms with Crippen LogP contribution in [0.1, 0.15) is 43.0 Å². The average molecular weight is 398 g/mol. The number of halogens is 1. The molecule has 4 rings (SSSR count). The third-order valence-electron chi connectivity index (χ3n) is 4.59. The highest BCUT2D eigenvalue weighted by Crippen LogP contribution is 2.43. The second kappa shape index (κ2) is 7.24. The molecule has 0 spiro atoms. The lowest BCUT2D eigenvalue weighted by Gasteiger charge is -2.26. The van der Waals surface area contributed by atoms with Crippen LogP contribution in [0.2, 0.25) is 5.15 Å². The summed E-state index contributed by atoms with van der Waals surface area (Å²) in [6.07, 6.45) is 0.357. The topological polar surface area (TPSA) is 81.9 Å². The van der Waals surface area contributed by atoms with E-state index in [0.717, 1.165) is 22.6 Å². The number of anilines is 1. The van der Waals surface area contributed by atoms with E-state index >= 15 is 0 Å². The highest BCUT2D eigenvalue weighted by atomic mass is 35.5. The molecule has 0 aliphatic carbocycles. The van der Waals surface area contributed by atoms with Gasteiger partial charge >= 0.3 is 0 Å². The van der Waals surface area contributed by atoms with Crippen LogP contribution in [0.3, 0.4) is 0 Å². The Bertz CT molecular complexity index is 1030. The Morgan fingerprint density at radius 2 is 2.00 bits per heavy atom. The summed E-state index contributed by atoms with van der Waals surface area (Å²) in [4.78, 5) is 12.5. The van der Waals surface area contributed by atoms with Gasteiger partial charge in [-0.05, 0) is 39.0 Å². The molecule has 144 valence electrons. The van der Waals surface area contributed by atoms with Gasteiger partial charge in [-0.15, -0.1) is 10.2 Å². The van der Waals surface area contributed by atoms with Crippen LogP contribution in [0.15, 0.2) is 36.4 Å². The zero-order valence-electron chi connectivity index (χ0n) is 15.8. The van der Waals surface area contributed by atoms with Crippen molar-refractivity contribution in [1.29, 1.82) is 0 Å². The Labute approximate surface area is 167 Å². The molecule has 1 atom stereocenters. The summed E-state index contributed by atoms with van der Waals surface area (Å²) in [5.41, 5.74) is 2.74. The first kappa shape index (κ1) is 18.4. The molecular weight excluding hydrogens is 378 g/mol. The van der Waals surface area contributed by atoms with Crippen molar-refractivity contribution >= 4 is 23.3 Å². The zero-order valence-corrected chi connectivity index (χ0v) is 16.6. The highest BCUT2D eigenvalue weighted by Gasteiger charge is 2.34. The van der Waals surface area contributed by atoms with Gasteiger partial charge < -0.3 is 10.1 Å². The number of hydrogen-bond donors (Lipinski definition) is 1. The fourth-order valence-corrected chi connectivity index (χ4v) is 3.63. The molecule has 1 N–H and O–H groups in total. The molecular formula is C20H20ClN5O2. The minimum atomic E-state index is -0.160. The van der Waals surface area contributed by atoms with E-state index in [4.69, 9.17) is 16.3 Å². The molecule has 3 heterocycles. The van der Waals surface area contributed by atoms with Crippen LogP contribution in [0.4, 0.5) is 5.82 Å². The van der Waals surface area contributed by atoms with Gasteiger partial charge in [-0.25, -0.2) is 0 Å². The smallest absolute Gasteiger partial charge is 0.226 e. The summed E-state index contributed by atoms with van der Waals surface area (Å²) in [6.45, 7) is 5.89. The Hall–Kier alpha value is -2.93. The summed E-state index contributed by atoms with van der Waals surface area (Å²) in [6, 6.07) is 11.2. The van der Waals surface area contributed by atoms with Crippen LogP contribution in [0.5, 0.6) is 5.75 Å². The van der Waals surface area contributed by atoms with Gasteiger partial charge in [-0.1, -0.05) is 29.8 Å². The summed E-state index contributed by atoms with van der Waals surface area (Å²) in [7, 11) is 0. The van der Waals surface area contributed by atoms with Crippen molar-refractivity contribution in [3.63, 3.8) is 0 Å². The quantitative estimate of drug-likeness (QED) is 0.722.